The van der Waals surface area contributed by atoms with Gasteiger partial charge in [0.1, 0.15) is 5.69 Å². The van der Waals surface area contributed by atoms with E-state index >= 15 is 0 Å². The lowest BCUT2D eigenvalue weighted by atomic mass is 10.3. The lowest BCUT2D eigenvalue weighted by Gasteiger charge is -1.97. The standard InChI is InChI=1S/C10H14N4OS/c1-2-11-5-3-4-9-13-14-10(15-9)8-6-16-7-12-8/h6-7,11H,2-5H2,1H3. The van der Waals surface area contributed by atoms with Gasteiger partial charge in [-0.1, -0.05) is 6.92 Å². The second-order valence-electron chi connectivity index (χ2n) is 3.33. The third kappa shape index (κ3) is 2.86. The zero-order chi connectivity index (χ0) is 11.2. The van der Waals surface area contributed by atoms with Crippen LogP contribution < -0.4 is 5.32 Å². The molecule has 1 N–H and O–H groups in total. The lowest BCUT2D eigenvalue weighted by molar-refractivity contribution is 0.491. The molecule has 0 fully saturated rings. The molecule has 0 amide bonds. The van der Waals surface area contributed by atoms with Crippen molar-refractivity contribution >= 4 is 11.3 Å². The molecular weight excluding hydrogens is 224 g/mol. The Kier molecular flexibility index (Phi) is 4.01. The fraction of sp³-hybridized carbons (Fsp3) is 0.500. The third-order valence-electron chi connectivity index (χ3n) is 2.11. The Bertz CT molecular complexity index is 412. The summed E-state index contributed by atoms with van der Waals surface area (Å²) in [5, 5.41) is 13.1. The van der Waals surface area contributed by atoms with Crippen LogP contribution in [-0.2, 0) is 6.42 Å². The molecule has 6 heteroatoms. The zero-order valence-electron chi connectivity index (χ0n) is 9.14. The molecule has 0 aromatic carbocycles. The van der Waals surface area contributed by atoms with Gasteiger partial charge in [0.05, 0.1) is 5.51 Å². The van der Waals surface area contributed by atoms with Gasteiger partial charge < -0.3 is 9.73 Å². The first kappa shape index (κ1) is 11.2. The number of hydrogen-bond donors (Lipinski definition) is 1. The highest BCUT2D eigenvalue weighted by atomic mass is 32.1. The molecule has 16 heavy (non-hydrogen) atoms. The smallest absolute Gasteiger partial charge is 0.267 e. The van der Waals surface area contributed by atoms with Crippen molar-refractivity contribution < 1.29 is 4.42 Å². The summed E-state index contributed by atoms with van der Waals surface area (Å²) in [4.78, 5) is 4.12. The summed E-state index contributed by atoms with van der Waals surface area (Å²) in [6.45, 7) is 4.06. The van der Waals surface area contributed by atoms with E-state index < -0.39 is 0 Å². The monoisotopic (exact) mass is 238 g/mol. The van der Waals surface area contributed by atoms with Gasteiger partial charge in [0, 0.05) is 11.8 Å². The Morgan fingerprint density at radius 2 is 2.38 bits per heavy atom. The zero-order valence-corrected chi connectivity index (χ0v) is 9.96. The first-order chi connectivity index (χ1) is 7.90. The Morgan fingerprint density at radius 3 is 3.12 bits per heavy atom. The van der Waals surface area contributed by atoms with E-state index in [1.54, 1.807) is 5.51 Å². The van der Waals surface area contributed by atoms with Crippen LogP contribution in [0.2, 0.25) is 0 Å². The second-order valence-corrected chi connectivity index (χ2v) is 4.05. The number of rotatable bonds is 6. The van der Waals surface area contributed by atoms with E-state index in [1.807, 2.05) is 5.38 Å². The van der Waals surface area contributed by atoms with Crippen LogP contribution in [0.1, 0.15) is 19.2 Å². The van der Waals surface area contributed by atoms with Crippen molar-refractivity contribution in [3.63, 3.8) is 0 Å². The van der Waals surface area contributed by atoms with Crippen molar-refractivity contribution in [3.05, 3.63) is 16.8 Å². The largest absolute Gasteiger partial charge is 0.419 e. The minimum Gasteiger partial charge on any atom is -0.419 e. The van der Waals surface area contributed by atoms with Gasteiger partial charge >= 0.3 is 0 Å². The molecule has 0 aliphatic heterocycles. The molecule has 0 aliphatic carbocycles. The second kappa shape index (κ2) is 5.72. The number of thiazole rings is 1. The van der Waals surface area contributed by atoms with E-state index in [2.05, 4.69) is 27.4 Å². The predicted molar refractivity (Wildman–Crippen MR) is 62.3 cm³/mol. The summed E-state index contributed by atoms with van der Waals surface area (Å²) >= 11 is 1.52. The number of nitrogens with one attached hydrogen (secondary N) is 1. The van der Waals surface area contributed by atoms with Gasteiger partial charge in [0.25, 0.3) is 5.89 Å². The molecule has 0 spiro atoms. The first-order valence-electron chi connectivity index (χ1n) is 5.32. The predicted octanol–water partition coefficient (Wildman–Crippen LogP) is 1.74. The Labute approximate surface area is 97.9 Å². The number of nitrogens with zero attached hydrogens (tertiary/aromatic N) is 3. The van der Waals surface area contributed by atoms with Crippen molar-refractivity contribution in [3.8, 4) is 11.6 Å². The van der Waals surface area contributed by atoms with E-state index in [0.29, 0.717) is 11.8 Å². The quantitative estimate of drug-likeness (QED) is 0.776. The van der Waals surface area contributed by atoms with E-state index in [4.69, 9.17) is 4.42 Å². The number of aromatic nitrogens is 3. The molecule has 0 saturated carbocycles. The molecule has 2 aromatic rings. The summed E-state index contributed by atoms with van der Waals surface area (Å²) in [7, 11) is 0. The molecule has 0 atom stereocenters. The van der Waals surface area contributed by atoms with Crippen molar-refractivity contribution in [1.29, 1.82) is 0 Å². The summed E-state index contributed by atoms with van der Waals surface area (Å²) in [6.07, 6.45) is 1.82. The summed E-state index contributed by atoms with van der Waals surface area (Å²) in [6, 6.07) is 0. The summed E-state index contributed by atoms with van der Waals surface area (Å²) in [5.74, 6) is 1.20. The van der Waals surface area contributed by atoms with E-state index in [9.17, 15) is 0 Å². The Morgan fingerprint density at radius 1 is 1.44 bits per heavy atom. The minimum absolute atomic E-state index is 0.514. The van der Waals surface area contributed by atoms with Gasteiger partial charge in [-0.3, -0.25) is 0 Å². The van der Waals surface area contributed by atoms with Gasteiger partial charge in [-0.25, -0.2) is 4.98 Å². The molecule has 0 radical (unpaired) electrons. The van der Waals surface area contributed by atoms with E-state index in [1.165, 1.54) is 11.3 Å². The van der Waals surface area contributed by atoms with Gasteiger partial charge in [0.2, 0.25) is 5.89 Å². The SMILES string of the molecule is CCNCCCc1nnc(-c2cscn2)o1. The van der Waals surface area contributed by atoms with Crippen LogP contribution >= 0.6 is 11.3 Å². The number of hydrogen-bond acceptors (Lipinski definition) is 6. The van der Waals surface area contributed by atoms with Crippen LogP contribution in [0, 0.1) is 0 Å². The molecule has 0 aliphatic rings. The van der Waals surface area contributed by atoms with E-state index in [0.717, 1.165) is 31.6 Å². The van der Waals surface area contributed by atoms with Gasteiger partial charge in [0.15, 0.2) is 0 Å². The molecule has 5 nitrogen and oxygen atoms in total. The van der Waals surface area contributed by atoms with Gasteiger partial charge in [-0.05, 0) is 19.5 Å². The van der Waals surface area contributed by atoms with Crippen molar-refractivity contribution in [1.82, 2.24) is 20.5 Å². The first-order valence-corrected chi connectivity index (χ1v) is 6.26. The van der Waals surface area contributed by atoms with Crippen molar-refractivity contribution in [2.24, 2.45) is 0 Å². The average molecular weight is 238 g/mol. The summed E-state index contributed by atoms with van der Waals surface area (Å²) < 4.78 is 5.50. The highest BCUT2D eigenvalue weighted by molar-refractivity contribution is 7.07. The third-order valence-corrected chi connectivity index (χ3v) is 2.70. The molecule has 0 saturated heterocycles. The normalized spacial score (nSPS) is 10.8. The topological polar surface area (TPSA) is 63.8 Å². The fourth-order valence-electron chi connectivity index (χ4n) is 1.32. The molecule has 86 valence electrons. The van der Waals surface area contributed by atoms with Gasteiger partial charge in [-0.2, -0.15) is 0 Å². The average Bonchev–Trinajstić information content (AvgIpc) is 2.94. The fourth-order valence-corrected chi connectivity index (χ4v) is 1.84. The maximum Gasteiger partial charge on any atom is 0.267 e. The van der Waals surface area contributed by atoms with Crippen molar-refractivity contribution in [2.75, 3.05) is 13.1 Å². The van der Waals surface area contributed by atoms with Crippen LogP contribution in [0.25, 0.3) is 11.6 Å². The molecule has 2 aromatic heterocycles. The minimum atomic E-state index is 0.514. The molecule has 0 unspecified atom stereocenters. The highest BCUT2D eigenvalue weighted by Crippen LogP contribution is 2.17. The Balaban J connectivity index is 1.88. The molecule has 0 bridgehead atoms. The molecular formula is C10H14N4OS. The van der Waals surface area contributed by atoms with Gasteiger partial charge in [-0.15, -0.1) is 21.5 Å². The highest BCUT2D eigenvalue weighted by Gasteiger charge is 2.09. The van der Waals surface area contributed by atoms with Crippen LogP contribution in [-0.4, -0.2) is 28.3 Å². The van der Waals surface area contributed by atoms with Crippen LogP contribution in [0.15, 0.2) is 15.3 Å². The van der Waals surface area contributed by atoms with Crippen molar-refractivity contribution in [2.45, 2.75) is 19.8 Å². The van der Waals surface area contributed by atoms with Crippen LogP contribution in [0.3, 0.4) is 0 Å². The lowest BCUT2D eigenvalue weighted by Crippen LogP contribution is -2.14. The summed E-state index contributed by atoms with van der Waals surface area (Å²) in [5.41, 5.74) is 2.51. The molecule has 2 rings (SSSR count). The maximum atomic E-state index is 5.50. The van der Waals surface area contributed by atoms with E-state index in [-0.39, 0.29) is 0 Å². The Hall–Kier alpha value is -1.27. The number of aryl methyl sites for hydroxylation is 1. The molecule has 2 heterocycles. The maximum absolute atomic E-state index is 5.50. The van der Waals surface area contributed by atoms with Crippen LogP contribution in [0.4, 0.5) is 0 Å². The van der Waals surface area contributed by atoms with Crippen LogP contribution in [0.5, 0.6) is 0 Å².